The molecule has 3 aromatic rings. The SMILES string of the molecule is CN(C)c1ccc(-n2ccc(C#N)c2C(=O)N2CCN(c3cccc(C(F)(F)F)c3)CC2)cc1. The molecule has 34 heavy (non-hydrogen) atoms. The van der Waals surface area contributed by atoms with E-state index in [2.05, 4.69) is 6.07 Å². The van der Waals surface area contributed by atoms with Gasteiger partial charge in [-0.2, -0.15) is 18.4 Å². The van der Waals surface area contributed by atoms with E-state index in [9.17, 15) is 23.2 Å². The second-order valence-electron chi connectivity index (χ2n) is 8.30. The predicted octanol–water partition coefficient (Wildman–Crippen LogP) is 4.40. The van der Waals surface area contributed by atoms with Gasteiger partial charge in [0, 0.05) is 63.5 Å². The normalized spacial score (nSPS) is 14.1. The summed E-state index contributed by atoms with van der Waals surface area (Å²) in [6.45, 7) is 1.47. The number of hydrogen-bond donors (Lipinski definition) is 0. The first kappa shape index (κ1) is 23.2. The Morgan fingerprint density at radius 2 is 1.65 bits per heavy atom. The summed E-state index contributed by atoms with van der Waals surface area (Å²) in [7, 11) is 3.87. The first-order chi connectivity index (χ1) is 16.2. The van der Waals surface area contributed by atoms with Crippen molar-refractivity contribution in [1.29, 1.82) is 5.26 Å². The van der Waals surface area contributed by atoms with E-state index in [0.717, 1.165) is 23.5 Å². The van der Waals surface area contributed by atoms with Gasteiger partial charge in [-0.25, -0.2) is 0 Å². The minimum atomic E-state index is -4.41. The topological polar surface area (TPSA) is 55.5 Å². The Hall–Kier alpha value is -3.93. The highest BCUT2D eigenvalue weighted by molar-refractivity contribution is 5.96. The van der Waals surface area contributed by atoms with Gasteiger partial charge in [0.2, 0.25) is 0 Å². The first-order valence-corrected chi connectivity index (χ1v) is 10.8. The van der Waals surface area contributed by atoms with Crippen molar-refractivity contribution < 1.29 is 18.0 Å². The van der Waals surface area contributed by atoms with Crippen molar-refractivity contribution in [3.05, 3.63) is 77.6 Å². The Morgan fingerprint density at radius 1 is 0.971 bits per heavy atom. The molecule has 1 amide bonds. The summed E-state index contributed by atoms with van der Waals surface area (Å²) < 4.78 is 40.9. The van der Waals surface area contributed by atoms with Crippen LogP contribution in [-0.4, -0.2) is 55.6 Å². The summed E-state index contributed by atoms with van der Waals surface area (Å²) in [5.41, 5.74) is 2.12. The van der Waals surface area contributed by atoms with Crippen LogP contribution in [0.15, 0.2) is 60.8 Å². The fraction of sp³-hybridized carbons (Fsp3) is 0.280. The van der Waals surface area contributed by atoms with Crippen molar-refractivity contribution in [2.24, 2.45) is 0 Å². The molecule has 9 heteroatoms. The molecule has 0 spiro atoms. The molecule has 1 aromatic heterocycles. The van der Waals surface area contributed by atoms with E-state index in [1.165, 1.54) is 6.07 Å². The van der Waals surface area contributed by atoms with E-state index in [4.69, 9.17) is 0 Å². The van der Waals surface area contributed by atoms with Crippen LogP contribution in [0.3, 0.4) is 0 Å². The third kappa shape index (κ3) is 4.57. The van der Waals surface area contributed by atoms with Crippen molar-refractivity contribution in [3.63, 3.8) is 0 Å². The molecule has 2 aromatic carbocycles. The molecular weight excluding hydrogens is 443 g/mol. The number of amides is 1. The molecule has 0 N–H and O–H groups in total. The zero-order chi connectivity index (χ0) is 24.5. The van der Waals surface area contributed by atoms with Gasteiger partial charge in [0.1, 0.15) is 11.8 Å². The molecule has 0 unspecified atom stereocenters. The van der Waals surface area contributed by atoms with Gasteiger partial charge in [0.15, 0.2) is 0 Å². The molecular formula is C25H24F3N5O. The Bertz CT molecular complexity index is 1220. The third-order valence-corrected chi connectivity index (χ3v) is 5.96. The number of carbonyl (C=O) groups is 1. The van der Waals surface area contributed by atoms with E-state index in [1.807, 2.05) is 48.2 Å². The molecule has 0 radical (unpaired) electrons. The number of nitriles is 1. The van der Waals surface area contributed by atoms with Crippen molar-refractivity contribution in [2.45, 2.75) is 6.18 Å². The van der Waals surface area contributed by atoms with Gasteiger partial charge in [-0.1, -0.05) is 6.07 Å². The second-order valence-corrected chi connectivity index (χ2v) is 8.30. The van der Waals surface area contributed by atoms with Crippen molar-refractivity contribution in [1.82, 2.24) is 9.47 Å². The largest absolute Gasteiger partial charge is 0.416 e. The summed E-state index contributed by atoms with van der Waals surface area (Å²) >= 11 is 0. The Morgan fingerprint density at radius 3 is 2.24 bits per heavy atom. The molecule has 0 atom stereocenters. The maximum atomic E-state index is 13.4. The van der Waals surface area contributed by atoms with E-state index in [1.54, 1.807) is 27.8 Å². The number of anilines is 2. The Labute approximate surface area is 196 Å². The third-order valence-electron chi connectivity index (χ3n) is 5.96. The molecule has 2 heterocycles. The van der Waals surface area contributed by atoms with Crippen LogP contribution in [0.2, 0.25) is 0 Å². The lowest BCUT2D eigenvalue weighted by molar-refractivity contribution is -0.137. The number of nitrogens with zero attached hydrogens (tertiary/aromatic N) is 5. The molecule has 0 bridgehead atoms. The van der Waals surface area contributed by atoms with E-state index in [-0.39, 0.29) is 17.2 Å². The van der Waals surface area contributed by atoms with E-state index >= 15 is 0 Å². The van der Waals surface area contributed by atoms with Gasteiger partial charge in [-0.05, 0) is 48.5 Å². The zero-order valence-corrected chi connectivity index (χ0v) is 18.9. The maximum Gasteiger partial charge on any atom is 0.416 e. The molecule has 6 nitrogen and oxygen atoms in total. The van der Waals surface area contributed by atoms with E-state index < -0.39 is 11.7 Å². The highest BCUT2D eigenvalue weighted by Crippen LogP contribution is 2.32. The maximum absolute atomic E-state index is 13.4. The van der Waals surface area contributed by atoms with Crippen LogP contribution in [0.1, 0.15) is 21.6 Å². The van der Waals surface area contributed by atoms with Crippen molar-refractivity contribution >= 4 is 17.3 Å². The summed E-state index contributed by atoms with van der Waals surface area (Å²) in [5.74, 6) is -0.276. The van der Waals surface area contributed by atoms with Crippen LogP contribution >= 0.6 is 0 Å². The smallest absolute Gasteiger partial charge is 0.378 e. The van der Waals surface area contributed by atoms with Gasteiger partial charge in [0.25, 0.3) is 5.91 Å². The number of aromatic nitrogens is 1. The molecule has 0 saturated carbocycles. The number of rotatable bonds is 4. The lowest BCUT2D eigenvalue weighted by atomic mass is 10.1. The van der Waals surface area contributed by atoms with Crippen LogP contribution in [0.4, 0.5) is 24.5 Å². The van der Waals surface area contributed by atoms with Crippen LogP contribution in [0.25, 0.3) is 5.69 Å². The van der Waals surface area contributed by atoms with Gasteiger partial charge >= 0.3 is 6.18 Å². The lowest BCUT2D eigenvalue weighted by Crippen LogP contribution is -2.49. The molecule has 1 fully saturated rings. The van der Waals surface area contributed by atoms with Gasteiger partial charge in [0.05, 0.1) is 11.1 Å². The molecule has 0 aliphatic carbocycles. The van der Waals surface area contributed by atoms with Gasteiger partial charge in [-0.15, -0.1) is 0 Å². The molecule has 1 aliphatic rings. The quantitative estimate of drug-likeness (QED) is 0.571. The lowest BCUT2D eigenvalue weighted by Gasteiger charge is -2.36. The zero-order valence-electron chi connectivity index (χ0n) is 18.9. The van der Waals surface area contributed by atoms with Crippen molar-refractivity contribution in [3.8, 4) is 11.8 Å². The molecule has 176 valence electrons. The monoisotopic (exact) mass is 467 g/mol. The predicted molar refractivity (Wildman–Crippen MR) is 124 cm³/mol. The number of benzene rings is 2. The average molecular weight is 467 g/mol. The fourth-order valence-corrected chi connectivity index (χ4v) is 4.06. The minimum absolute atomic E-state index is 0.276. The second kappa shape index (κ2) is 9.14. The highest BCUT2D eigenvalue weighted by atomic mass is 19.4. The Balaban J connectivity index is 1.53. The van der Waals surface area contributed by atoms with Crippen LogP contribution in [0, 0.1) is 11.3 Å². The summed E-state index contributed by atoms with van der Waals surface area (Å²) in [4.78, 5) is 18.9. The van der Waals surface area contributed by atoms with E-state index in [0.29, 0.717) is 31.9 Å². The standard InChI is InChI=1S/C25H24F3N5O/c1-30(2)20-6-8-21(9-7-20)33-11-10-18(17-29)23(33)24(34)32-14-12-31(13-15-32)22-5-3-4-19(16-22)25(26,27)28/h3-11,16H,12-15H2,1-2H3. The first-order valence-electron chi connectivity index (χ1n) is 10.8. The highest BCUT2D eigenvalue weighted by Gasteiger charge is 2.32. The summed E-state index contributed by atoms with van der Waals surface area (Å²) in [6, 6.07) is 16.6. The number of piperazine rings is 1. The molecule has 1 saturated heterocycles. The molecule has 4 rings (SSSR count). The minimum Gasteiger partial charge on any atom is -0.378 e. The average Bonchev–Trinajstić information content (AvgIpc) is 3.27. The van der Waals surface area contributed by atoms with Gasteiger partial charge < -0.3 is 19.3 Å². The summed E-state index contributed by atoms with van der Waals surface area (Å²) in [5, 5.41) is 9.58. The fourth-order valence-electron chi connectivity index (χ4n) is 4.06. The summed E-state index contributed by atoms with van der Waals surface area (Å²) in [6.07, 6.45) is -2.70. The van der Waals surface area contributed by atoms with Crippen molar-refractivity contribution in [2.75, 3.05) is 50.1 Å². The number of carbonyl (C=O) groups excluding carboxylic acids is 1. The number of halogens is 3. The Kier molecular flexibility index (Phi) is 6.24. The number of alkyl halides is 3. The van der Waals surface area contributed by atoms with Gasteiger partial charge in [-0.3, -0.25) is 4.79 Å². The van der Waals surface area contributed by atoms with Crippen LogP contribution in [0.5, 0.6) is 0 Å². The van der Waals surface area contributed by atoms with Crippen LogP contribution in [-0.2, 0) is 6.18 Å². The van der Waals surface area contributed by atoms with Crippen LogP contribution < -0.4 is 9.80 Å². The molecule has 1 aliphatic heterocycles. The number of hydrogen-bond acceptors (Lipinski definition) is 4.